The van der Waals surface area contributed by atoms with Crippen LogP contribution >= 0.6 is 23.7 Å². The topological polar surface area (TPSA) is 9.23 Å². The van der Waals surface area contributed by atoms with Crippen LogP contribution in [-0.2, 0) is 3.84 Å². The third-order valence-corrected chi connectivity index (χ3v) is 0. The van der Waals surface area contributed by atoms with Gasteiger partial charge >= 0.3 is 48.4 Å². The van der Waals surface area contributed by atoms with Gasteiger partial charge in [0.05, 0.1) is 23.7 Å². The Kier molecular flexibility index (Phi) is 51.7. The summed E-state index contributed by atoms with van der Waals surface area (Å²) < 4.78 is 3.19. The first kappa shape index (κ1) is 15.7. The zero-order valence-corrected chi connectivity index (χ0v) is 2.68. The summed E-state index contributed by atoms with van der Waals surface area (Å²) in [6, 6.07) is 0. The molecule has 0 bridgehead atoms. The quantitative estimate of drug-likeness (QED) is 0.408. The summed E-state index contributed by atoms with van der Waals surface area (Å²) in [6.45, 7) is 0. The first-order valence-corrected chi connectivity index (χ1v) is 0.926. The maximum atomic E-state index is 4.26. The van der Waals surface area contributed by atoms with Gasteiger partial charge in [-0.2, -0.15) is 3.84 Å². The Morgan fingerprint density at radius 2 is 1.20 bits per heavy atom. The Morgan fingerprint density at radius 3 is 1.20 bits per heavy atom. The molecule has 0 saturated carbocycles. The average Bonchev–Trinajstić information content (AvgIpc) is 0.918. The van der Waals surface area contributed by atoms with Crippen LogP contribution in [0.3, 0.4) is 0 Å². The van der Waals surface area contributed by atoms with Gasteiger partial charge in [-0.05, 0) is 0 Å². The van der Waals surface area contributed by atoms with Gasteiger partial charge in [0.15, 0.2) is 0 Å². The summed E-state index contributed by atoms with van der Waals surface area (Å²) in [4.78, 5) is 0. The Hall–Kier alpha value is 2.14. The summed E-state index contributed by atoms with van der Waals surface area (Å²) in [6.07, 6.45) is 0. The first-order chi connectivity index (χ1) is 1.41. The van der Waals surface area contributed by atoms with Gasteiger partial charge in [-0.15, -0.1) is 0 Å². The van der Waals surface area contributed by atoms with Crippen LogP contribution in [0.4, 0.5) is 0 Å². The van der Waals surface area contributed by atoms with Crippen molar-refractivity contribution in [1.82, 2.24) is 0 Å². The molecule has 0 radical (unpaired) electrons. The van der Waals surface area contributed by atoms with Crippen molar-refractivity contribution >= 4 is 72.2 Å². The summed E-state index contributed by atoms with van der Waals surface area (Å²) in [5.41, 5.74) is 0. The number of hydrogen-bond donors (Lipinski definition) is 0. The summed E-state index contributed by atoms with van der Waals surface area (Å²) >= 11 is 8.53. The average molecular weight is 119 g/mol. The molecule has 0 saturated heterocycles. The molecule has 0 fully saturated rings. The van der Waals surface area contributed by atoms with Crippen molar-refractivity contribution in [2.75, 3.05) is 0 Å². The van der Waals surface area contributed by atoms with Crippen LogP contribution in [0.15, 0.2) is 0 Å². The molecule has 0 aliphatic carbocycles. The first-order valence-electron chi connectivity index (χ1n) is 0.309. The van der Waals surface area contributed by atoms with Crippen LogP contribution in [0.1, 0.15) is 0 Å². The van der Waals surface area contributed by atoms with E-state index >= 15 is 0 Å². The fraction of sp³-hybridized carbons (Fsp3) is 0. The molecule has 0 amide bonds. The SMILES string of the molecule is ClOCl.[LiH].[NaH]. The van der Waals surface area contributed by atoms with Crippen molar-refractivity contribution in [3.8, 4) is 0 Å². The van der Waals surface area contributed by atoms with Gasteiger partial charge in [0, 0.05) is 0 Å². The molecule has 0 unspecified atom stereocenters. The Labute approximate surface area is 75.2 Å². The number of hydrogen-bond acceptors (Lipinski definition) is 1. The third-order valence-electron chi connectivity index (χ3n) is 0. The summed E-state index contributed by atoms with van der Waals surface area (Å²) in [7, 11) is 0. The van der Waals surface area contributed by atoms with Crippen LogP contribution < -0.4 is 0 Å². The minimum atomic E-state index is 0. The van der Waals surface area contributed by atoms with Crippen LogP contribution in [0.5, 0.6) is 0 Å². The van der Waals surface area contributed by atoms with Crippen LogP contribution in [0, 0.1) is 0 Å². The summed E-state index contributed by atoms with van der Waals surface area (Å²) in [5.74, 6) is 0. The van der Waals surface area contributed by atoms with Crippen molar-refractivity contribution in [1.29, 1.82) is 0 Å². The Bertz CT molecular complexity index is 9.61. The molecule has 1 nitrogen and oxygen atoms in total. The molecule has 0 N–H and O–H groups in total. The molecule has 0 spiro atoms. The van der Waals surface area contributed by atoms with Crippen molar-refractivity contribution in [2.45, 2.75) is 0 Å². The van der Waals surface area contributed by atoms with Crippen molar-refractivity contribution in [3.05, 3.63) is 0 Å². The Balaban J connectivity index is -0.0000000200. The molecule has 0 aromatic rings. The van der Waals surface area contributed by atoms with Gasteiger partial charge < -0.3 is 0 Å². The van der Waals surface area contributed by atoms with Gasteiger partial charge in [-0.1, -0.05) is 0 Å². The second-order valence-corrected chi connectivity index (χ2v) is 0.525. The van der Waals surface area contributed by atoms with Crippen LogP contribution in [0.2, 0.25) is 0 Å². The normalized spacial score (nSPS) is 3.60. The van der Waals surface area contributed by atoms with Gasteiger partial charge in [0.1, 0.15) is 0 Å². The molecule has 0 heterocycles. The zero-order chi connectivity index (χ0) is 2.71. The van der Waals surface area contributed by atoms with E-state index in [9.17, 15) is 0 Å². The van der Waals surface area contributed by atoms with E-state index < -0.39 is 0 Å². The maximum absolute atomic E-state index is 4.26. The van der Waals surface area contributed by atoms with Gasteiger partial charge in [-0.3, -0.25) is 0 Å². The van der Waals surface area contributed by atoms with Crippen molar-refractivity contribution < 1.29 is 3.84 Å². The number of halogens is 2. The monoisotopic (exact) mass is 118 g/mol. The van der Waals surface area contributed by atoms with Crippen molar-refractivity contribution in [2.24, 2.45) is 0 Å². The molecular formula is H2Cl2LiNaO. The van der Waals surface area contributed by atoms with E-state index in [4.69, 9.17) is 0 Å². The predicted octanol–water partition coefficient (Wildman–Crippen LogP) is 0.0136. The van der Waals surface area contributed by atoms with Gasteiger partial charge in [-0.25, -0.2) is 0 Å². The van der Waals surface area contributed by atoms with Gasteiger partial charge in [0.25, 0.3) is 0 Å². The molecule has 0 aromatic carbocycles. The van der Waals surface area contributed by atoms with E-state index in [0.29, 0.717) is 0 Å². The Morgan fingerprint density at radius 1 is 1.20 bits per heavy atom. The van der Waals surface area contributed by atoms with Crippen LogP contribution in [-0.4, -0.2) is 48.4 Å². The number of rotatable bonds is 0. The van der Waals surface area contributed by atoms with E-state index in [-0.39, 0.29) is 48.4 Å². The van der Waals surface area contributed by atoms with E-state index in [1.807, 2.05) is 0 Å². The molecule has 0 aromatic heterocycles. The molecule has 5 heavy (non-hydrogen) atoms. The van der Waals surface area contributed by atoms with Crippen molar-refractivity contribution in [3.63, 3.8) is 0 Å². The fourth-order valence-corrected chi connectivity index (χ4v) is 0. The molecule has 0 aliphatic heterocycles. The zero-order valence-electron chi connectivity index (χ0n) is 1.16. The molecule has 0 atom stereocenters. The molecule has 5 heteroatoms. The van der Waals surface area contributed by atoms with E-state index in [1.165, 1.54) is 0 Å². The minimum absolute atomic E-state index is 0. The van der Waals surface area contributed by atoms with Gasteiger partial charge in [0.2, 0.25) is 0 Å². The standard InChI is InChI=1S/Cl2O.Li.Na.2H/c1-3-2;;;;. The van der Waals surface area contributed by atoms with E-state index in [2.05, 4.69) is 27.6 Å². The summed E-state index contributed by atoms with van der Waals surface area (Å²) in [5, 5.41) is 0. The molecule has 24 valence electrons. The predicted molar refractivity (Wildman–Crippen MR) is 27.1 cm³/mol. The van der Waals surface area contributed by atoms with E-state index in [1.54, 1.807) is 0 Å². The van der Waals surface area contributed by atoms with E-state index in [0.717, 1.165) is 0 Å². The second kappa shape index (κ2) is 16.5. The second-order valence-electron chi connectivity index (χ2n) is 0.0583. The molecule has 0 aliphatic rings. The molecule has 0 rings (SSSR count). The van der Waals surface area contributed by atoms with Crippen LogP contribution in [0.25, 0.3) is 0 Å². The fourth-order valence-electron chi connectivity index (χ4n) is 0. The third kappa shape index (κ3) is 23.0. The molecular weight excluding hydrogens is 117 g/mol.